The number of amides is 4. The monoisotopic (exact) mass is 660 g/mol. The number of nitrogens with one attached hydrogen (secondary N) is 2. The number of rotatable bonds is 8. The average Bonchev–Trinajstić information content (AvgIpc) is 3.10. The molecule has 258 valence electrons. The van der Waals surface area contributed by atoms with Gasteiger partial charge in [-0.25, -0.2) is 4.79 Å². The number of hydrogen-bond acceptors (Lipinski definition) is 7. The summed E-state index contributed by atoms with van der Waals surface area (Å²) in [5.41, 5.74) is 1.86. The first-order chi connectivity index (χ1) is 23.1. The Hall–Kier alpha value is -4.61. The molecule has 4 amide bonds. The predicted molar refractivity (Wildman–Crippen MR) is 186 cm³/mol. The van der Waals surface area contributed by atoms with Crippen LogP contribution >= 0.6 is 0 Å². The molecule has 0 fully saturated rings. The van der Waals surface area contributed by atoms with Gasteiger partial charge in [-0.3, -0.25) is 9.59 Å². The Labute approximate surface area is 283 Å². The molecule has 1 aliphatic rings. The first-order valence-corrected chi connectivity index (χ1v) is 16.5. The number of urea groups is 1. The quantitative estimate of drug-likeness (QED) is 0.274. The van der Waals surface area contributed by atoms with E-state index in [4.69, 9.17) is 14.2 Å². The number of benzene rings is 3. The van der Waals surface area contributed by atoms with Crippen LogP contribution in [0.15, 0.2) is 72.8 Å². The van der Waals surface area contributed by atoms with Crippen LogP contribution in [-0.2, 0) is 4.74 Å². The lowest BCUT2D eigenvalue weighted by Gasteiger charge is -2.35. The summed E-state index contributed by atoms with van der Waals surface area (Å²) in [6.45, 7) is 6.47. The molecule has 0 radical (unpaired) electrons. The molecule has 4 atom stereocenters. The van der Waals surface area contributed by atoms with Crippen LogP contribution in [-0.4, -0.2) is 91.5 Å². The highest BCUT2D eigenvalue weighted by atomic mass is 16.5. The first-order valence-electron chi connectivity index (χ1n) is 16.5. The molecule has 11 nitrogen and oxygen atoms in total. The van der Waals surface area contributed by atoms with Crippen molar-refractivity contribution in [1.82, 2.24) is 9.80 Å². The van der Waals surface area contributed by atoms with E-state index >= 15 is 0 Å². The second-order valence-electron chi connectivity index (χ2n) is 12.4. The van der Waals surface area contributed by atoms with Gasteiger partial charge in [0.1, 0.15) is 11.5 Å². The molecule has 11 heteroatoms. The standard InChI is InChI=1S/C37H48N4O7/c1-25-22-41(26(2)24-42)36(44)32-21-30(38-35(43)28-12-7-6-8-13-28)16-19-33(32)48-27(3)11-9-10-20-47-34(25)23-40(4)37(45)39-29-14-17-31(46-5)18-15-29/h6-8,12-19,21,25-27,34,42H,9-11,20,22-24H2,1-5H3,(H,38,43)(H,39,45)/t25-,26-,27-,34-/m0/s1. The van der Waals surface area contributed by atoms with Crippen LogP contribution in [0.5, 0.6) is 11.5 Å². The van der Waals surface area contributed by atoms with Crippen molar-refractivity contribution < 1.29 is 33.7 Å². The van der Waals surface area contributed by atoms with E-state index in [9.17, 15) is 19.5 Å². The van der Waals surface area contributed by atoms with Crippen molar-refractivity contribution in [2.45, 2.75) is 58.3 Å². The second kappa shape index (κ2) is 17.5. The van der Waals surface area contributed by atoms with Gasteiger partial charge in [0.25, 0.3) is 11.8 Å². The van der Waals surface area contributed by atoms with Crippen LogP contribution in [0.2, 0.25) is 0 Å². The summed E-state index contributed by atoms with van der Waals surface area (Å²) in [4.78, 5) is 43.6. The molecule has 0 saturated heterocycles. The molecule has 1 aliphatic heterocycles. The maximum absolute atomic E-state index is 14.4. The van der Waals surface area contributed by atoms with Gasteiger partial charge in [-0.1, -0.05) is 25.1 Å². The van der Waals surface area contributed by atoms with Crippen molar-refractivity contribution >= 4 is 29.2 Å². The molecule has 0 saturated carbocycles. The molecular formula is C37H48N4O7. The fourth-order valence-corrected chi connectivity index (χ4v) is 5.50. The topological polar surface area (TPSA) is 130 Å². The van der Waals surface area contributed by atoms with Gasteiger partial charge in [0.05, 0.1) is 37.5 Å². The number of aliphatic hydroxyl groups excluding tert-OH is 1. The molecule has 3 aromatic carbocycles. The van der Waals surface area contributed by atoms with Gasteiger partial charge in [0.15, 0.2) is 0 Å². The van der Waals surface area contributed by atoms with Crippen molar-refractivity contribution in [2.75, 3.05) is 51.1 Å². The summed E-state index contributed by atoms with van der Waals surface area (Å²) >= 11 is 0. The lowest BCUT2D eigenvalue weighted by molar-refractivity contribution is -0.0115. The lowest BCUT2D eigenvalue weighted by Crippen LogP contribution is -2.48. The SMILES string of the molecule is COc1ccc(NC(=O)N(C)C[C@@H]2OCCCC[C@H](C)Oc3ccc(NC(=O)c4ccccc4)cc3C(=O)N([C@@H](C)CO)C[C@@H]2C)cc1. The summed E-state index contributed by atoms with van der Waals surface area (Å²) in [6.07, 6.45) is 1.80. The van der Waals surface area contributed by atoms with E-state index in [0.717, 1.165) is 19.3 Å². The maximum Gasteiger partial charge on any atom is 0.321 e. The Morgan fingerprint density at radius 1 is 1.02 bits per heavy atom. The van der Waals surface area contributed by atoms with Crippen LogP contribution in [0.4, 0.5) is 16.2 Å². The second-order valence-corrected chi connectivity index (χ2v) is 12.4. The van der Waals surface area contributed by atoms with Crippen LogP contribution in [0.3, 0.4) is 0 Å². The van der Waals surface area contributed by atoms with E-state index in [2.05, 4.69) is 10.6 Å². The van der Waals surface area contributed by atoms with Crippen molar-refractivity contribution in [3.8, 4) is 11.5 Å². The summed E-state index contributed by atoms with van der Waals surface area (Å²) in [5.74, 6) is 0.241. The van der Waals surface area contributed by atoms with Crippen molar-refractivity contribution in [2.24, 2.45) is 5.92 Å². The Bertz CT molecular complexity index is 1500. The van der Waals surface area contributed by atoms with E-state index in [1.807, 2.05) is 19.9 Å². The Morgan fingerprint density at radius 2 is 1.73 bits per heavy atom. The minimum atomic E-state index is -0.530. The molecule has 1 heterocycles. The lowest BCUT2D eigenvalue weighted by atomic mass is 10.0. The number of carbonyl (C=O) groups excluding carboxylic acids is 3. The number of aliphatic hydroxyl groups is 1. The van der Waals surface area contributed by atoms with Gasteiger partial charge >= 0.3 is 6.03 Å². The van der Waals surface area contributed by atoms with E-state index in [1.165, 1.54) is 0 Å². The molecule has 0 unspecified atom stereocenters. The molecular weight excluding hydrogens is 612 g/mol. The maximum atomic E-state index is 14.4. The number of methoxy groups -OCH3 is 1. The third-order valence-corrected chi connectivity index (χ3v) is 8.49. The fraction of sp³-hybridized carbons (Fsp3) is 0.432. The third-order valence-electron chi connectivity index (χ3n) is 8.49. The Balaban J connectivity index is 1.58. The molecule has 48 heavy (non-hydrogen) atoms. The third kappa shape index (κ3) is 9.95. The number of nitrogens with zero attached hydrogens (tertiary/aromatic N) is 2. The molecule has 0 aromatic heterocycles. The smallest absolute Gasteiger partial charge is 0.321 e. The number of carbonyl (C=O) groups is 3. The van der Waals surface area contributed by atoms with Crippen LogP contribution in [0, 0.1) is 5.92 Å². The number of hydrogen-bond donors (Lipinski definition) is 3. The van der Waals surface area contributed by atoms with Crippen LogP contribution in [0.25, 0.3) is 0 Å². The molecule has 3 N–H and O–H groups in total. The normalized spacial score (nSPS) is 19.6. The number of fused-ring (bicyclic) bond motifs is 1. The van der Waals surface area contributed by atoms with E-state index in [0.29, 0.717) is 35.0 Å². The summed E-state index contributed by atoms with van der Waals surface area (Å²) in [7, 11) is 3.29. The van der Waals surface area contributed by atoms with Gasteiger partial charge in [-0.15, -0.1) is 0 Å². The summed E-state index contributed by atoms with van der Waals surface area (Å²) in [5, 5.41) is 16.0. The molecule has 3 aromatic rings. The van der Waals surface area contributed by atoms with Crippen LogP contribution in [0.1, 0.15) is 60.7 Å². The molecule has 4 rings (SSSR count). The first kappa shape index (κ1) is 36.2. The molecule has 0 spiro atoms. The highest BCUT2D eigenvalue weighted by molar-refractivity contribution is 6.05. The average molecular weight is 661 g/mol. The Kier molecular flexibility index (Phi) is 13.2. The van der Waals surface area contributed by atoms with Crippen molar-refractivity contribution in [3.63, 3.8) is 0 Å². The van der Waals surface area contributed by atoms with E-state index < -0.39 is 12.1 Å². The fourth-order valence-electron chi connectivity index (χ4n) is 5.50. The van der Waals surface area contributed by atoms with Gasteiger partial charge in [-0.05, 0) is 87.7 Å². The van der Waals surface area contributed by atoms with E-state index in [-0.39, 0.29) is 55.1 Å². The highest BCUT2D eigenvalue weighted by Gasteiger charge is 2.31. The predicted octanol–water partition coefficient (Wildman–Crippen LogP) is 5.91. The minimum Gasteiger partial charge on any atom is -0.497 e. The van der Waals surface area contributed by atoms with E-state index in [1.54, 1.807) is 97.6 Å². The van der Waals surface area contributed by atoms with Gasteiger partial charge in [-0.2, -0.15) is 0 Å². The Morgan fingerprint density at radius 3 is 2.42 bits per heavy atom. The van der Waals surface area contributed by atoms with Crippen molar-refractivity contribution in [1.29, 1.82) is 0 Å². The van der Waals surface area contributed by atoms with Gasteiger partial charge in [0.2, 0.25) is 0 Å². The van der Waals surface area contributed by atoms with Gasteiger partial charge in [0, 0.05) is 49.6 Å². The number of anilines is 2. The zero-order valence-electron chi connectivity index (χ0n) is 28.5. The number of ether oxygens (including phenoxy) is 3. The molecule has 0 bridgehead atoms. The zero-order valence-corrected chi connectivity index (χ0v) is 28.5. The van der Waals surface area contributed by atoms with Crippen LogP contribution < -0.4 is 20.1 Å². The highest BCUT2D eigenvalue weighted by Crippen LogP contribution is 2.29. The minimum absolute atomic E-state index is 0.185. The van der Waals surface area contributed by atoms with Crippen molar-refractivity contribution in [3.05, 3.63) is 83.9 Å². The number of likely N-dealkylation sites (N-methyl/N-ethyl adjacent to an activating group) is 1. The zero-order chi connectivity index (χ0) is 34.6. The van der Waals surface area contributed by atoms with Gasteiger partial charge < -0.3 is 39.8 Å². The largest absolute Gasteiger partial charge is 0.497 e. The molecule has 0 aliphatic carbocycles. The summed E-state index contributed by atoms with van der Waals surface area (Å²) in [6, 6.07) is 20.2. The summed E-state index contributed by atoms with van der Waals surface area (Å²) < 4.78 is 17.9.